The Labute approximate surface area is 723 Å². The highest BCUT2D eigenvalue weighted by atomic mass is 32.2. The van der Waals surface area contributed by atoms with Gasteiger partial charge in [-0.3, -0.25) is 4.79 Å². The van der Waals surface area contributed by atoms with Crippen LogP contribution in [0.3, 0.4) is 0 Å². The monoisotopic (exact) mass is 1730 g/mol. The highest BCUT2D eigenvalue weighted by molar-refractivity contribution is 7.90. The van der Waals surface area contributed by atoms with Crippen LogP contribution >= 0.6 is 0 Å². The SMILES string of the molecule is COc1cccc(-c2nc(C3(C)CCN(c4ncnc5c4C=C(c4ccc(CS(C)(=O)=O)cc4)C5)CC3)[nH]c2C)c1.Cc1[nH]c(C2(C)CCN(c3ncnc4c3C=C(c3ccc(C(N)=O)cc3)C4)CC2)nc1-c1cccc(OC(F)F)c1.Cc1[nH]c(C2(C)CCN(c3ncnc4c3C=C(c3ccc(CS(C)(=O)=O)cc3)C4)CC2)nc1-c1cccc(OC(F)F)c1. The van der Waals surface area contributed by atoms with Crippen molar-refractivity contribution in [2.75, 3.05) is 73.6 Å². The number of methoxy groups -OCH3 is 1. The molecule has 125 heavy (non-hydrogen) atoms. The molecule has 1 amide bonds. The zero-order valence-corrected chi connectivity index (χ0v) is 72.7. The minimum absolute atomic E-state index is 0.0262. The van der Waals surface area contributed by atoms with E-state index in [4.69, 9.17) is 30.4 Å². The summed E-state index contributed by atoms with van der Waals surface area (Å²) in [5, 5.41) is 0. The van der Waals surface area contributed by atoms with Crippen LogP contribution in [0.5, 0.6) is 17.2 Å². The maximum atomic E-state index is 12.7. The molecule has 0 atom stereocenters. The van der Waals surface area contributed by atoms with E-state index in [1.165, 1.54) is 30.2 Å². The maximum absolute atomic E-state index is 12.7. The van der Waals surface area contributed by atoms with Gasteiger partial charge in [0, 0.05) is 143 Å². The number of fused-ring (bicyclic) bond motifs is 3. The molecular formula is C95H98F4N16O8S2. The van der Waals surface area contributed by atoms with Gasteiger partial charge in [0.25, 0.3) is 0 Å². The molecule has 3 saturated heterocycles. The number of alkyl halides is 4. The fraction of sp³-hybridized carbons (Fsp3) is 0.326. The van der Waals surface area contributed by atoms with Crippen molar-refractivity contribution in [3.05, 3.63) is 266 Å². The molecule has 30 heteroatoms. The van der Waals surface area contributed by atoms with Gasteiger partial charge in [0.15, 0.2) is 19.7 Å². The van der Waals surface area contributed by atoms with Crippen LogP contribution in [0.1, 0.15) is 166 Å². The maximum Gasteiger partial charge on any atom is 0.387 e. The number of aromatic nitrogens is 12. The second-order valence-corrected chi connectivity index (χ2v) is 38.3. The number of anilines is 3. The zero-order valence-electron chi connectivity index (χ0n) is 71.0. The van der Waals surface area contributed by atoms with Crippen LogP contribution in [0.2, 0.25) is 0 Å². The summed E-state index contributed by atoms with van der Waals surface area (Å²) >= 11 is 0. The molecule has 0 spiro atoms. The molecule has 6 aromatic carbocycles. The third-order valence-corrected chi connectivity index (χ3v) is 26.5. The first-order valence-electron chi connectivity index (χ1n) is 41.6. The minimum Gasteiger partial charge on any atom is -0.497 e. The number of amides is 1. The van der Waals surface area contributed by atoms with Crippen LogP contribution in [0.15, 0.2) is 165 Å². The molecular weight excluding hydrogens is 1630 g/mol. The fourth-order valence-corrected chi connectivity index (χ4v) is 19.2. The first-order chi connectivity index (χ1) is 59.8. The summed E-state index contributed by atoms with van der Waals surface area (Å²) in [6.45, 7) is 11.8. The van der Waals surface area contributed by atoms with E-state index in [1.807, 2.05) is 105 Å². The summed E-state index contributed by atoms with van der Waals surface area (Å²) < 4.78 is 112. The Morgan fingerprint density at radius 1 is 0.432 bits per heavy atom. The fourth-order valence-electron chi connectivity index (χ4n) is 17.6. The summed E-state index contributed by atoms with van der Waals surface area (Å²) in [6, 6.07) is 44.1. The number of allylic oxidation sites excluding steroid dienone is 3. The lowest BCUT2D eigenvalue weighted by molar-refractivity contribution is -0.0505. The van der Waals surface area contributed by atoms with Crippen LogP contribution in [0, 0.1) is 20.8 Å². The number of nitrogens with two attached hydrogens (primary N) is 1. The molecule has 0 bridgehead atoms. The second-order valence-electron chi connectivity index (χ2n) is 34.1. The van der Waals surface area contributed by atoms with E-state index in [0.717, 1.165) is 248 Å². The standard InChI is InChI=1S/C32H33F2N5O3S.C32H35N5O3S.C31H30F2N6O2/c1-20-28(23-5-4-6-25(15-23)42-31(33)34)38-30(37-20)32(2)11-13-39(14-12-32)29-26-16-24(17-27(26)35-19-36-29)22-9-7-21(8-10-22)18-43(3,40)41;1-21-29(24-6-5-7-26(16-24)40-3)36-31(35-21)32(2)12-14-37(15-13-32)30-27-17-25(18-28(27)33-20-34-30)23-10-8-22(9-11-23)19-41(4,38)39;1-18-26(21-4-3-5-23(14-21)41-30(32)33)38-29(37-18)31(2)10-12-39(13-11-31)28-24-15-22(16-25(24)35-17-36-28)19-6-8-20(9-7-19)27(34)40/h4-10,15-16,19,31H,11-14,17-18H2,1-3H3,(H,37,38);5-11,16-17,20H,12-15,18-19H2,1-4H3,(H,35,36);3-9,14-15,17,30H,10-13,16H2,1-2H3,(H2,34,40)(H,37,38). The first-order valence-corrected chi connectivity index (χ1v) is 45.7. The third kappa shape index (κ3) is 19.2. The summed E-state index contributed by atoms with van der Waals surface area (Å²) in [5.41, 5.74) is 27.5. The van der Waals surface area contributed by atoms with E-state index in [2.05, 4.69) is 116 Å². The molecule has 0 saturated carbocycles. The second kappa shape index (κ2) is 35.1. The third-order valence-electron chi connectivity index (χ3n) is 24.8. The number of carbonyl (C=O) groups excluding carboxylic acids is 1. The predicted molar refractivity (Wildman–Crippen MR) is 478 cm³/mol. The smallest absolute Gasteiger partial charge is 0.387 e. The van der Waals surface area contributed by atoms with E-state index >= 15 is 0 Å². The Morgan fingerprint density at radius 2 is 0.728 bits per heavy atom. The molecule has 0 radical (unpaired) electrons. The predicted octanol–water partition coefficient (Wildman–Crippen LogP) is 16.9. The Bertz CT molecular complexity index is 6390. The largest absolute Gasteiger partial charge is 0.497 e. The molecule has 3 aliphatic carbocycles. The number of hydrogen-bond donors (Lipinski definition) is 4. The van der Waals surface area contributed by atoms with Crippen molar-refractivity contribution >= 4 is 78.0 Å². The topological polar surface area (TPSA) is 312 Å². The molecule has 18 rings (SSSR count). The van der Waals surface area contributed by atoms with Gasteiger partial charge in [-0.15, -0.1) is 0 Å². The van der Waals surface area contributed by atoms with Crippen molar-refractivity contribution < 1.29 is 53.4 Å². The lowest BCUT2D eigenvalue weighted by atomic mass is 9.79. The molecule has 6 aromatic heterocycles. The number of nitrogens with zero attached hydrogens (tertiary/aromatic N) is 12. The Balaban J connectivity index is 0.000000138. The van der Waals surface area contributed by atoms with Crippen molar-refractivity contribution in [3.8, 4) is 51.0 Å². The summed E-state index contributed by atoms with van der Waals surface area (Å²) in [6.07, 6.45) is 21.4. The van der Waals surface area contributed by atoms with E-state index in [1.54, 1.807) is 62.5 Å². The quantitative estimate of drug-likeness (QED) is 0.0458. The lowest BCUT2D eigenvalue weighted by Gasteiger charge is -2.39. The molecule has 0 unspecified atom stereocenters. The van der Waals surface area contributed by atoms with Crippen LogP contribution in [-0.4, -0.2) is 155 Å². The number of benzene rings is 6. The number of sulfone groups is 2. The van der Waals surface area contributed by atoms with Gasteiger partial charge in [0.2, 0.25) is 5.91 Å². The molecule has 6 aliphatic rings. The average Bonchev–Trinajstić information content (AvgIpc) is 1.65. The minimum atomic E-state index is -3.09. The van der Waals surface area contributed by atoms with Crippen molar-refractivity contribution in [2.45, 2.75) is 140 Å². The highest BCUT2D eigenvalue weighted by Crippen LogP contribution is 2.46. The van der Waals surface area contributed by atoms with Crippen LogP contribution < -0.4 is 34.6 Å². The number of halogens is 4. The zero-order chi connectivity index (χ0) is 87.9. The Morgan fingerprint density at radius 3 is 1.02 bits per heavy atom. The number of ether oxygens (including phenoxy) is 3. The van der Waals surface area contributed by atoms with Crippen LogP contribution in [0.25, 0.3) is 68.7 Å². The lowest BCUT2D eigenvalue weighted by Crippen LogP contribution is -2.42. The molecule has 5 N–H and O–H groups in total. The van der Waals surface area contributed by atoms with Gasteiger partial charge in [0.05, 0.1) is 52.8 Å². The number of imidazole rings is 3. The molecule has 12 aromatic rings. The van der Waals surface area contributed by atoms with E-state index in [0.29, 0.717) is 18.4 Å². The molecule has 3 aliphatic heterocycles. The van der Waals surface area contributed by atoms with E-state index < -0.39 is 38.8 Å². The Kier molecular flexibility index (Phi) is 24.1. The number of piperidine rings is 3. The number of aromatic amines is 3. The first kappa shape index (κ1) is 85.8. The molecule has 9 heterocycles. The van der Waals surface area contributed by atoms with Crippen molar-refractivity contribution in [2.24, 2.45) is 5.73 Å². The van der Waals surface area contributed by atoms with Crippen molar-refractivity contribution in [1.82, 2.24) is 59.8 Å². The van der Waals surface area contributed by atoms with Gasteiger partial charge < -0.3 is 49.6 Å². The van der Waals surface area contributed by atoms with Gasteiger partial charge in [-0.1, -0.05) is 118 Å². The highest BCUT2D eigenvalue weighted by Gasteiger charge is 2.41. The van der Waals surface area contributed by atoms with Crippen LogP contribution in [-0.2, 0) is 66.7 Å². The summed E-state index contributed by atoms with van der Waals surface area (Å²) in [5.74, 6) is 6.30. The number of carbonyl (C=O) groups is 1. The number of H-pyrrole nitrogens is 3. The van der Waals surface area contributed by atoms with Crippen LogP contribution in [0.4, 0.5) is 35.0 Å². The number of hydrogen-bond acceptors (Lipinski definition) is 20. The van der Waals surface area contributed by atoms with E-state index in [9.17, 15) is 39.2 Å². The Hall–Kier alpha value is -12.7. The van der Waals surface area contributed by atoms with Crippen molar-refractivity contribution in [3.63, 3.8) is 0 Å². The molecule has 646 valence electrons. The van der Waals surface area contributed by atoms with E-state index in [-0.39, 0.29) is 39.2 Å². The summed E-state index contributed by atoms with van der Waals surface area (Å²) in [7, 11) is -4.47. The van der Waals surface area contributed by atoms with Gasteiger partial charge in [-0.25, -0.2) is 61.7 Å². The van der Waals surface area contributed by atoms with Gasteiger partial charge >= 0.3 is 13.2 Å². The van der Waals surface area contributed by atoms with Gasteiger partial charge in [0.1, 0.15) is 71.2 Å². The van der Waals surface area contributed by atoms with Crippen molar-refractivity contribution in [1.29, 1.82) is 0 Å². The normalized spacial score (nSPS) is 16.2. The summed E-state index contributed by atoms with van der Waals surface area (Å²) in [4.78, 5) is 71.6. The molecule has 3 fully saturated rings. The number of aryl methyl sites for hydroxylation is 3. The number of rotatable bonds is 22. The van der Waals surface area contributed by atoms with Gasteiger partial charge in [-0.05, 0) is 171 Å². The average molecular weight is 1730 g/mol. The number of nitrogens with one attached hydrogen (secondary N) is 3. The molecule has 24 nitrogen and oxygen atoms in total. The van der Waals surface area contributed by atoms with Gasteiger partial charge in [-0.2, -0.15) is 17.6 Å². The number of primary amides is 1.